The van der Waals surface area contributed by atoms with Crippen LogP contribution in [0.1, 0.15) is 20.3 Å². The van der Waals surface area contributed by atoms with Crippen LogP contribution in [0.15, 0.2) is 6.20 Å². The summed E-state index contributed by atoms with van der Waals surface area (Å²) in [5, 5.41) is 19.6. The SMILES string of the molecule is CC(C)NCCCOc1cn[nH]c1[N+](=O)[O-]. The Bertz CT molecular complexity index is 337. The Hall–Kier alpha value is -1.63. The molecular weight excluding hydrogens is 212 g/mol. The molecule has 0 aliphatic rings. The van der Waals surface area contributed by atoms with E-state index in [-0.39, 0.29) is 11.6 Å². The maximum absolute atomic E-state index is 10.5. The molecule has 2 N–H and O–H groups in total. The molecule has 0 spiro atoms. The fraction of sp³-hybridized carbons (Fsp3) is 0.667. The van der Waals surface area contributed by atoms with E-state index in [2.05, 4.69) is 29.4 Å². The van der Waals surface area contributed by atoms with Gasteiger partial charge in [0.15, 0.2) is 0 Å². The number of H-pyrrole nitrogens is 1. The number of hydrogen-bond donors (Lipinski definition) is 2. The van der Waals surface area contributed by atoms with Gasteiger partial charge in [0.1, 0.15) is 6.20 Å². The lowest BCUT2D eigenvalue weighted by Gasteiger charge is -2.07. The van der Waals surface area contributed by atoms with Crippen LogP contribution >= 0.6 is 0 Å². The summed E-state index contributed by atoms with van der Waals surface area (Å²) in [4.78, 5) is 9.96. The van der Waals surface area contributed by atoms with E-state index >= 15 is 0 Å². The molecule has 7 nitrogen and oxygen atoms in total. The van der Waals surface area contributed by atoms with E-state index in [1.165, 1.54) is 6.20 Å². The Kier molecular flexibility index (Phi) is 4.71. The summed E-state index contributed by atoms with van der Waals surface area (Å²) in [7, 11) is 0. The molecule has 0 bridgehead atoms. The van der Waals surface area contributed by atoms with E-state index in [0.717, 1.165) is 13.0 Å². The Balaban J connectivity index is 2.27. The van der Waals surface area contributed by atoms with E-state index in [1.807, 2.05) is 0 Å². The third-order valence-corrected chi connectivity index (χ3v) is 1.90. The van der Waals surface area contributed by atoms with Crippen LogP contribution in [0.3, 0.4) is 0 Å². The third-order valence-electron chi connectivity index (χ3n) is 1.90. The first-order chi connectivity index (χ1) is 7.61. The van der Waals surface area contributed by atoms with E-state index < -0.39 is 4.92 Å². The quantitative estimate of drug-likeness (QED) is 0.414. The highest BCUT2D eigenvalue weighted by Crippen LogP contribution is 2.22. The van der Waals surface area contributed by atoms with Crippen molar-refractivity contribution in [2.45, 2.75) is 26.3 Å². The van der Waals surface area contributed by atoms with Gasteiger partial charge < -0.3 is 20.2 Å². The third kappa shape index (κ3) is 3.85. The zero-order chi connectivity index (χ0) is 12.0. The number of aromatic nitrogens is 2. The van der Waals surface area contributed by atoms with Gasteiger partial charge >= 0.3 is 5.82 Å². The minimum atomic E-state index is -0.547. The van der Waals surface area contributed by atoms with Gasteiger partial charge in [0.25, 0.3) is 0 Å². The minimum Gasteiger partial charge on any atom is -0.485 e. The molecule has 0 aromatic carbocycles. The normalized spacial score (nSPS) is 10.7. The highest BCUT2D eigenvalue weighted by molar-refractivity contribution is 5.36. The summed E-state index contributed by atoms with van der Waals surface area (Å²) >= 11 is 0. The number of nitrogens with zero attached hydrogens (tertiary/aromatic N) is 2. The molecule has 0 saturated carbocycles. The van der Waals surface area contributed by atoms with Crippen molar-refractivity contribution in [1.29, 1.82) is 0 Å². The van der Waals surface area contributed by atoms with Crippen LogP contribution in [0.5, 0.6) is 5.75 Å². The topological polar surface area (TPSA) is 93.1 Å². The van der Waals surface area contributed by atoms with Gasteiger partial charge in [-0.2, -0.15) is 0 Å². The number of ether oxygens (including phenoxy) is 1. The first kappa shape index (κ1) is 12.4. The largest absolute Gasteiger partial charge is 0.485 e. The predicted molar refractivity (Wildman–Crippen MR) is 58.5 cm³/mol. The van der Waals surface area contributed by atoms with E-state index in [1.54, 1.807) is 0 Å². The molecule has 0 saturated heterocycles. The second kappa shape index (κ2) is 6.06. The maximum atomic E-state index is 10.5. The van der Waals surface area contributed by atoms with Crippen LogP contribution in [0.4, 0.5) is 5.82 Å². The Morgan fingerprint density at radius 1 is 1.69 bits per heavy atom. The number of nitro groups is 1. The van der Waals surface area contributed by atoms with Crippen molar-refractivity contribution in [3.63, 3.8) is 0 Å². The van der Waals surface area contributed by atoms with E-state index in [4.69, 9.17) is 4.74 Å². The van der Waals surface area contributed by atoms with Crippen LogP contribution in [-0.4, -0.2) is 34.3 Å². The fourth-order valence-electron chi connectivity index (χ4n) is 1.15. The first-order valence-electron chi connectivity index (χ1n) is 5.15. The first-order valence-corrected chi connectivity index (χ1v) is 5.15. The predicted octanol–water partition coefficient (Wildman–Crippen LogP) is 1.08. The van der Waals surface area contributed by atoms with E-state index in [0.29, 0.717) is 12.6 Å². The van der Waals surface area contributed by atoms with Crippen LogP contribution in [-0.2, 0) is 0 Å². The molecule has 0 radical (unpaired) electrons. The van der Waals surface area contributed by atoms with Crippen molar-refractivity contribution in [2.24, 2.45) is 0 Å². The van der Waals surface area contributed by atoms with Crippen molar-refractivity contribution < 1.29 is 9.66 Å². The van der Waals surface area contributed by atoms with Gasteiger partial charge in [0, 0.05) is 6.04 Å². The highest BCUT2D eigenvalue weighted by atomic mass is 16.6. The van der Waals surface area contributed by atoms with E-state index in [9.17, 15) is 10.1 Å². The highest BCUT2D eigenvalue weighted by Gasteiger charge is 2.15. The minimum absolute atomic E-state index is 0.189. The van der Waals surface area contributed by atoms with Crippen LogP contribution in [0, 0.1) is 10.1 Å². The van der Waals surface area contributed by atoms with Gasteiger partial charge in [-0.05, 0) is 17.9 Å². The molecule has 0 aliphatic heterocycles. The Labute approximate surface area is 93.3 Å². The van der Waals surface area contributed by atoms with Gasteiger partial charge in [-0.1, -0.05) is 18.9 Å². The second-order valence-electron chi connectivity index (χ2n) is 3.65. The number of nitrogens with one attached hydrogen (secondary N) is 2. The molecule has 1 aromatic heterocycles. The van der Waals surface area contributed by atoms with Crippen molar-refractivity contribution in [3.8, 4) is 5.75 Å². The second-order valence-corrected chi connectivity index (χ2v) is 3.65. The van der Waals surface area contributed by atoms with Gasteiger partial charge in [-0.3, -0.25) is 0 Å². The Morgan fingerprint density at radius 2 is 2.44 bits per heavy atom. The standard InChI is InChI=1S/C9H16N4O3/c1-7(2)10-4-3-5-16-8-6-11-12-9(8)13(14)15/h6-7,10H,3-5H2,1-2H3,(H,11,12). The number of hydrogen-bond acceptors (Lipinski definition) is 5. The number of rotatable bonds is 7. The number of aromatic amines is 1. The zero-order valence-corrected chi connectivity index (χ0v) is 9.40. The average molecular weight is 228 g/mol. The van der Waals surface area contributed by atoms with Gasteiger partial charge in [0.05, 0.1) is 6.61 Å². The Morgan fingerprint density at radius 3 is 3.06 bits per heavy atom. The summed E-state index contributed by atoms with van der Waals surface area (Å²) in [5.74, 6) is -0.00799. The molecule has 0 aliphatic carbocycles. The summed E-state index contributed by atoms with van der Waals surface area (Å²) in [6, 6.07) is 0.434. The molecule has 0 fully saturated rings. The van der Waals surface area contributed by atoms with Crippen molar-refractivity contribution in [1.82, 2.24) is 15.5 Å². The lowest BCUT2D eigenvalue weighted by Crippen LogP contribution is -2.24. The molecule has 1 rings (SSSR count). The van der Waals surface area contributed by atoms with Crippen molar-refractivity contribution in [2.75, 3.05) is 13.2 Å². The lowest BCUT2D eigenvalue weighted by molar-refractivity contribution is -0.390. The molecular formula is C9H16N4O3. The monoisotopic (exact) mass is 228 g/mol. The molecule has 0 unspecified atom stereocenters. The molecule has 1 heterocycles. The summed E-state index contributed by atoms with van der Waals surface area (Å²) in [6.45, 7) is 5.37. The lowest BCUT2D eigenvalue weighted by atomic mass is 10.3. The molecule has 1 aromatic rings. The van der Waals surface area contributed by atoms with Crippen LogP contribution in [0.2, 0.25) is 0 Å². The fourth-order valence-corrected chi connectivity index (χ4v) is 1.15. The molecule has 7 heteroatoms. The average Bonchev–Trinajstić information content (AvgIpc) is 2.65. The summed E-state index contributed by atoms with van der Waals surface area (Å²) < 4.78 is 5.24. The summed E-state index contributed by atoms with van der Waals surface area (Å²) in [6.07, 6.45) is 2.11. The van der Waals surface area contributed by atoms with Crippen LogP contribution < -0.4 is 10.1 Å². The van der Waals surface area contributed by atoms with Gasteiger partial charge in [0.2, 0.25) is 5.75 Å². The molecule has 16 heavy (non-hydrogen) atoms. The van der Waals surface area contributed by atoms with Crippen molar-refractivity contribution >= 4 is 5.82 Å². The van der Waals surface area contributed by atoms with Crippen molar-refractivity contribution in [3.05, 3.63) is 16.3 Å². The van der Waals surface area contributed by atoms with Gasteiger partial charge in [-0.15, -0.1) is 5.10 Å². The van der Waals surface area contributed by atoms with Gasteiger partial charge in [-0.25, -0.2) is 0 Å². The molecule has 90 valence electrons. The summed E-state index contributed by atoms with van der Waals surface area (Å²) in [5.41, 5.74) is 0. The smallest absolute Gasteiger partial charge is 0.385 e. The maximum Gasteiger partial charge on any atom is 0.385 e. The zero-order valence-electron chi connectivity index (χ0n) is 9.40. The molecule has 0 amide bonds. The van der Waals surface area contributed by atoms with Crippen LogP contribution in [0.25, 0.3) is 0 Å². The molecule has 0 atom stereocenters.